The van der Waals surface area contributed by atoms with Gasteiger partial charge in [0.25, 0.3) is 0 Å². The molecule has 2 heterocycles. The van der Waals surface area contributed by atoms with Crippen molar-refractivity contribution in [1.82, 2.24) is 10.2 Å². The zero-order chi connectivity index (χ0) is 11.2. The summed E-state index contributed by atoms with van der Waals surface area (Å²) in [6, 6.07) is 0.798. The topological polar surface area (TPSA) is 24.5 Å². The van der Waals surface area contributed by atoms with Crippen molar-refractivity contribution >= 4 is 0 Å². The van der Waals surface area contributed by atoms with Gasteiger partial charge in [-0.2, -0.15) is 0 Å². The molecule has 0 radical (unpaired) electrons. The van der Waals surface area contributed by atoms with E-state index in [9.17, 15) is 0 Å². The first-order valence-electron chi connectivity index (χ1n) is 6.92. The fourth-order valence-electron chi connectivity index (χ4n) is 2.83. The fraction of sp³-hybridized carbons (Fsp3) is 1.00. The molecule has 2 unspecified atom stereocenters. The van der Waals surface area contributed by atoms with Gasteiger partial charge in [-0.15, -0.1) is 0 Å². The second-order valence-corrected chi connectivity index (χ2v) is 5.27. The smallest absolute Gasteiger partial charge is 0.0674 e. The first-order chi connectivity index (χ1) is 7.84. The number of nitrogens with zero attached hydrogens (tertiary/aromatic N) is 1. The summed E-state index contributed by atoms with van der Waals surface area (Å²) in [6.45, 7) is 7.84. The fourth-order valence-corrected chi connectivity index (χ4v) is 2.83. The molecule has 16 heavy (non-hydrogen) atoms. The van der Waals surface area contributed by atoms with E-state index >= 15 is 0 Å². The van der Waals surface area contributed by atoms with E-state index in [0.29, 0.717) is 6.10 Å². The third-order valence-corrected chi connectivity index (χ3v) is 3.76. The molecule has 2 saturated heterocycles. The van der Waals surface area contributed by atoms with Crippen molar-refractivity contribution in [2.45, 2.75) is 51.2 Å². The molecular formula is C13H26N2O. The Morgan fingerprint density at radius 2 is 2.31 bits per heavy atom. The summed E-state index contributed by atoms with van der Waals surface area (Å²) in [5.41, 5.74) is 0. The summed E-state index contributed by atoms with van der Waals surface area (Å²) in [5.74, 6) is 0. The van der Waals surface area contributed by atoms with Gasteiger partial charge in [-0.1, -0.05) is 6.42 Å². The molecule has 1 N–H and O–H groups in total. The van der Waals surface area contributed by atoms with Crippen molar-refractivity contribution < 1.29 is 4.74 Å². The number of hydrogen-bond acceptors (Lipinski definition) is 3. The van der Waals surface area contributed by atoms with E-state index in [0.717, 1.165) is 25.7 Å². The summed E-state index contributed by atoms with van der Waals surface area (Å²) in [7, 11) is 0. The minimum Gasteiger partial charge on any atom is -0.376 e. The van der Waals surface area contributed by atoms with Crippen LogP contribution in [0.15, 0.2) is 0 Å². The van der Waals surface area contributed by atoms with Crippen LogP contribution in [0.4, 0.5) is 0 Å². The molecule has 0 aromatic rings. The number of piperidine rings is 1. The van der Waals surface area contributed by atoms with Crippen LogP contribution in [0.5, 0.6) is 0 Å². The van der Waals surface area contributed by atoms with Crippen molar-refractivity contribution in [3.05, 3.63) is 0 Å². The minimum absolute atomic E-state index is 0.432. The summed E-state index contributed by atoms with van der Waals surface area (Å²) in [5, 5.41) is 3.62. The van der Waals surface area contributed by atoms with Crippen LogP contribution in [-0.4, -0.2) is 49.8 Å². The molecule has 0 aromatic heterocycles. The molecule has 2 aliphatic rings. The first-order valence-corrected chi connectivity index (χ1v) is 6.92. The maximum absolute atomic E-state index is 5.55. The predicted octanol–water partition coefficient (Wildman–Crippen LogP) is 1.63. The highest BCUT2D eigenvalue weighted by molar-refractivity contribution is 4.74. The molecule has 3 nitrogen and oxygen atoms in total. The van der Waals surface area contributed by atoms with Crippen LogP contribution < -0.4 is 5.32 Å². The third-order valence-electron chi connectivity index (χ3n) is 3.76. The molecule has 2 atom stereocenters. The number of ether oxygens (including phenoxy) is 1. The lowest BCUT2D eigenvalue weighted by Gasteiger charge is -2.31. The van der Waals surface area contributed by atoms with Gasteiger partial charge in [0.15, 0.2) is 0 Å². The molecule has 0 spiro atoms. The van der Waals surface area contributed by atoms with Crippen molar-refractivity contribution in [3.63, 3.8) is 0 Å². The van der Waals surface area contributed by atoms with E-state index in [1.807, 2.05) is 0 Å². The Hall–Kier alpha value is -0.120. The van der Waals surface area contributed by atoms with Gasteiger partial charge in [-0.25, -0.2) is 0 Å². The molecule has 94 valence electrons. The number of rotatable bonds is 4. The van der Waals surface area contributed by atoms with Gasteiger partial charge in [-0.3, -0.25) is 4.90 Å². The van der Waals surface area contributed by atoms with Crippen LogP contribution in [0, 0.1) is 0 Å². The van der Waals surface area contributed by atoms with E-state index in [4.69, 9.17) is 4.74 Å². The standard InChI is InChI=1S/C13H26N2O/c1-12-11-15(9-10-16-12)8-4-6-13-5-2-3-7-14-13/h12-14H,2-11H2,1H3. The Labute approximate surface area is 99.5 Å². The van der Waals surface area contributed by atoms with Crippen LogP contribution >= 0.6 is 0 Å². The largest absolute Gasteiger partial charge is 0.376 e. The average molecular weight is 226 g/mol. The molecule has 0 bridgehead atoms. The monoisotopic (exact) mass is 226 g/mol. The van der Waals surface area contributed by atoms with Crippen molar-refractivity contribution in [2.24, 2.45) is 0 Å². The van der Waals surface area contributed by atoms with Gasteiger partial charge in [0.05, 0.1) is 12.7 Å². The highest BCUT2D eigenvalue weighted by Crippen LogP contribution is 2.13. The Morgan fingerprint density at radius 3 is 3.06 bits per heavy atom. The minimum atomic E-state index is 0.432. The average Bonchev–Trinajstić information content (AvgIpc) is 2.30. The Bertz CT molecular complexity index is 192. The van der Waals surface area contributed by atoms with E-state index in [1.165, 1.54) is 45.2 Å². The summed E-state index contributed by atoms with van der Waals surface area (Å²) < 4.78 is 5.55. The number of morpholine rings is 1. The Kier molecular flexibility index (Phi) is 5.07. The summed E-state index contributed by atoms with van der Waals surface area (Å²) in [4.78, 5) is 2.55. The molecule has 3 heteroatoms. The quantitative estimate of drug-likeness (QED) is 0.788. The molecule has 0 aromatic carbocycles. The Morgan fingerprint density at radius 1 is 1.38 bits per heavy atom. The van der Waals surface area contributed by atoms with Crippen molar-refractivity contribution in [3.8, 4) is 0 Å². The first kappa shape index (κ1) is 12.3. The van der Waals surface area contributed by atoms with Gasteiger partial charge in [0.2, 0.25) is 0 Å². The third kappa shape index (κ3) is 4.04. The van der Waals surface area contributed by atoms with Gasteiger partial charge in [0.1, 0.15) is 0 Å². The molecule has 0 aliphatic carbocycles. The maximum atomic E-state index is 5.55. The van der Waals surface area contributed by atoms with Crippen molar-refractivity contribution in [2.75, 3.05) is 32.8 Å². The highest BCUT2D eigenvalue weighted by atomic mass is 16.5. The molecule has 2 rings (SSSR count). The van der Waals surface area contributed by atoms with Crippen LogP contribution in [0.2, 0.25) is 0 Å². The number of hydrogen-bond donors (Lipinski definition) is 1. The lowest BCUT2D eigenvalue weighted by molar-refractivity contribution is -0.0188. The zero-order valence-corrected chi connectivity index (χ0v) is 10.6. The zero-order valence-electron chi connectivity index (χ0n) is 10.6. The van der Waals surface area contributed by atoms with Crippen LogP contribution in [0.25, 0.3) is 0 Å². The van der Waals surface area contributed by atoms with Gasteiger partial charge in [0, 0.05) is 19.1 Å². The summed E-state index contributed by atoms with van der Waals surface area (Å²) in [6.07, 6.45) is 7.31. The second kappa shape index (κ2) is 6.58. The maximum Gasteiger partial charge on any atom is 0.0674 e. The lowest BCUT2D eigenvalue weighted by atomic mass is 10.0. The normalized spacial score (nSPS) is 32.8. The highest BCUT2D eigenvalue weighted by Gasteiger charge is 2.17. The lowest BCUT2D eigenvalue weighted by Crippen LogP contribution is -2.42. The van der Waals surface area contributed by atoms with E-state index in [2.05, 4.69) is 17.1 Å². The Balaban J connectivity index is 1.56. The second-order valence-electron chi connectivity index (χ2n) is 5.27. The van der Waals surface area contributed by atoms with Crippen LogP contribution in [-0.2, 0) is 4.74 Å². The number of nitrogens with one attached hydrogen (secondary N) is 1. The molecule has 0 amide bonds. The van der Waals surface area contributed by atoms with E-state index < -0.39 is 0 Å². The van der Waals surface area contributed by atoms with E-state index in [-0.39, 0.29) is 0 Å². The molecule has 0 saturated carbocycles. The van der Waals surface area contributed by atoms with Crippen LogP contribution in [0.3, 0.4) is 0 Å². The predicted molar refractivity (Wildman–Crippen MR) is 66.7 cm³/mol. The summed E-state index contributed by atoms with van der Waals surface area (Å²) >= 11 is 0. The van der Waals surface area contributed by atoms with E-state index in [1.54, 1.807) is 0 Å². The van der Waals surface area contributed by atoms with Gasteiger partial charge in [-0.05, 0) is 45.7 Å². The van der Waals surface area contributed by atoms with Crippen LogP contribution in [0.1, 0.15) is 39.0 Å². The van der Waals surface area contributed by atoms with Gasteiger partial charge >= 0.3 is 0 Å². The molecule has 2 aliphatic heterocycles. The van der Waals surface area contributed by atoms with Crippen molar-refractivity contribution in [1.29, 1.82) is 0 Å². The molecular weight excluding hydrogens is 200 g/mol. The SMILES string of the molecule is CC1CN(CCCC2CCCCN2)CCO1. The van der Waals surface area contributed by atoms with Gasteiger partial charge < -0.3 is 10.1 Å². The molecule has 2 fully saturated rings.